The molecule has 0 amide bonds. The number of para-hydroxylation sites is 2. The summed E-state index contributed by atoms with van der Waals surface area (Å²) < 4.78 is 7.70. The van der Waals surface area contributed by atoms with Gasteiger partial charge >= 0.3 is 0 Å². The summed E-state index contributed by atoms with van der Waals surface area (Å²) in [5.74, 6) is 0. The highest BCUT2D eigenvalue weighted by atomic mass is 32.1. The van der Waals surface area contributed by atoms with Crippen molar-refractivity contribution in [1.82, 2.24) is 0 Å². The summed E-state index contributed by atoms with van der Waals surface area (Å²) in [5, 5.41) is 3.57. The van der Waals surface area contributed by atoms with Crippen LogP contribution < -0.4 is 4.90 Å². The lowest BCUT2D eigenvalue weighted by atomic mass is 10.0. The van der Waals surface area contributed by atoms with Crippen LogP contribution in [0.4, 0.5) is 17.1 Å². The summed E-state index contributed by atoms with van der Waals surface area (Å²) in [7, 11) is 0. The van der Waals surface area contributed by atoms with Crippen LogP contribution in [0.15, 0.2) is 192 Å². The zero-order chi connectivity index (χ0) is 34.4. The Hall–Kier alpha value is -6.20. The summed E-state index contributed by atoms with van der Waals surface area (Å²) in [6.45, 7) is 0. The van der Waals surface area contributed by atoms with Crippen LogP contribution in [0.3, 0.4) is 0 Å². The van der Waals surface area contributed by atoms with E-state index >= 15 is 0 Å². The van der Waals surface area contributed by atoms with Gasteiger partial charge in [0.25, 0.3) is 0 Å². The molecule has 3 heterocycles. The zero-order valence-electron chi connectivity index (χ0n) is 28.1. The Balaban J connectivity index is 1.02. The minimum Gasteiger partial charge on any atom is -0.455 e. The van der Waals surface area contributed by atoms with Gasteiger partial charge in [-0.25, -0.2) is 0 Å². The lowest BCUT2D eigenvalue weighted by Crippen LogP contribution is -2.09. The molecule has 0 aliphatic rings. The van der Waals surface area contributed by atoms with Gasteiger partial charge in [0.2, 0.25) is 0 Å². The number of hydrogen-bond donors (Lipinski definition) is 0. The second-order valence-electron chi connectivity index (χ2n) is 12.9. The molecular weight excluding hydrogens is 671 g/mol. The number of thiophene rings is 2. The third kappa shape index (κ3) is 5.50. The van der Waals surface area contributed by atoms with Gasteiger partial charge in [-0.1, -0.05) is 121 Å². The van der Waals surface area contributed by atoms with E-state index in [2.05, 4.69) is 181 Å². The van der Waals surface area contributed by atoms with Gasteiger partial charge in [-0.15, -0.1) is 22.7 Å². The van der Waals surface area contributed by atoms with E-state index < -0.39 is 0 Å². The molecule has 0 N–H and O–H groups in total. The van der Waals surface area contributed by atoms with Crippen molar-refractivity contribution in [3.05, 3.63) is 188 Å². The normalized spacial score (nSPS) is 11.5. The molecule has 2 nitrogen and oxygen atoms in total. The lowest BCUT2D eigenvalue weighted by molar-refractivity contribution is 0.670. The number of fused-ring (bicyclic) bond motifs is 4. The Bertz CT molecular complexity index is 2790. The molecule has 0 fully saturated rings. The summed E-state index contributed by atoms with van der Waals surface area (Å²) in [6.07, 6.45) is 0. The monoisotopic (exact) mass is 701 g/mol. The molecule has 0 radical (unpaired) electrons. The maximum Gasteiger partial charge on any atom is 0.143 e. The SMILES string of the molecule is c1ccc(-c2ccc(-c3ccc(N(c4ccc(-c5cc6ccccc6s5)cc4)c4ccc(-c5cccc6c5oc5ccccc56)cc4)cc3)s2)cc1. The Morgan fingerprint density at radius 3 is 1.63 bits per heavy atom. The number of furan rings is 1. The molecule has 0 saturated carbocycles. The highest BCUT2D eigenvalue weighted by Crippen LogP contribution is 2.42. The number of nitrogens with zero attached hydrogens (tertiary/aromatic N) is 1. The third-order valence-corrected chi connectivity index (χ3v) is 12.1. The van der Waals surface area contributed by atoms with E-state index in [0.717, 1.165) is 50.1 Å². The van der Waals surface area contributed by atoms with Gasteiger partial charge in [-0.3, -0.25) is 0 Å². The van der Waals surface area contributed by atoms with Crippen molar-refractivity contribution in [2.75, 3.05) is 4.90 Å². The van der Waals surface area contributed by atoms with Gasteiger partial charge in [0.1, 0.15) is 11.2 Å². The number of anilines is 3. The quantitative estimate of drug-likeness (QED) is 0.164. The van der Waals surface area contributed by atoms with Crippen LogP contribution in [0, 0.1) is 0 Å². The second kappa shape index (κ2) is 12.8. The average Bonchev–Trinajstić information content (AvgIpc) is 3.97. The fourth-order valence-corrected chi connectivity index (χ4v) is 9.22. The molecule has 10 rings (SSSR count). The van der Waals surface area contributed by atoms with Crippen LogP contribution in [-0.4, -0.2) is 0 Å². The first-order chi connectivity index (χ1) is 25.7. The van der Waals surface area contributed by atoms with E-state index in [4.69, 9.17) is 4.42 Å². The number of rotatable bonds is 7. The van der Waals surface area contributed by atoms with Crippen molar-refractivity contribution < 1.29 is 4.42 Å². The van der Waals surface area contributed by atoms with Crippen molar-refractivity contribution in [1.29, 1.82) is 0 Å². The van der Waals surface area contributed by atoms with Gasteiger partial charge in [0.15, 0.2) is 0 Å². The highest BCUT2D eigenvalue weighted by Gasteiger charge is 2.16. The van der Waals surface area contributed by atoms with Crippen molar-refractivity contribution in [3.8, 4) is 42.4 Å². The topological polar surface area (TPSA) is 16.4 Å². The average molecular weight is 702 g/mol. The van der Waals surface area contributed by atoms with Crippen molar-refractivity contribution in [2.45, 2.75) is 0 Å². The van der Waals surface area contributed by atoms with Crippen LogP contribution >= 0.6 is 22.7 Å². The zero-order valence-corrected chi connectivity index (χ0v) is 29.7. The molecule has 10 aromatic rings. The van der Waals surface area contributed by atoms with Crippen molar-refractivity contribution >= 4 is 71.8 Å². The van der Waals surface area contributed by atoms with E-state index in [1.807, 2.05) is 34.8 Å². The molecule has 0 bridgehead atoms. The molecule has 0 spiro atoms. The summed E-state index contributed by atoms with van der Waals surface area (Å²) in [4.78, 5) is 6.15. The first kappa shape index (κ1) is 30.6. The van der Waals surface area contributed by atoms with E-state index in [0.29, 0.717) is 0 Å². The Labute approximate surface area is 310 Å². The van der Waals surface area contributed by atoms with Crippen LogP contribution in [0.25, 0.3) is 74.5 Å². The fraction of sp³-hybridized carbons (Fsp3) is 0. The molecule has 0 unspecified atom stereocenters. The molecule has 7 aromatic carbocycles. The Morgan fingerprint density at radius 1 is 0.385 bits per heavy atom. The number of hydrogen-bond acceptors (Lipinski definition) is 4. The summed E-state index contributed by atoms with van der Waals surface area (Å²) >= 11 is 3.67. The second-order valence-corrected chi connectivity index (χ2v) is 15.1. The predicted molar refractivity (Wildman–Crippen MR) is 223 cm³/mol. The maximum atomic E-state index is 6.39. The lowest BCUT2D eigenvalue weighted by Gasteiger charge is -2.26. The standard InChI is InChI=1S/C48H31NOS2/c1-2-9-33(10-3-1)45-29-30-46(51-45)34-19-25-38(26-20-34)49(39-27-21-35(22-28-39)47-31-36-11-4-7-16-44(36)52-47)37-23-17-32(18-24-37)40-13-8-14-42-41-12-5-6-15-43(41)50-48(40)42/h1-31H. The van der Waals surface area contributed by atoms with Gasteiger partial charge in [0, 0.05) is 52.7 Å². The third-order valence-electron chi connectivity index (χ3n) is 9.75. The molecule has 3 aromatic heterocycles. The van der Waals surface area contributed by atoms with Gasteiger partial charge in [-0.2, -0.15) is 0 Å². The van der Waals surface area contributed by atoms with Crippen LogP contribution in [-0.2, 0) is 0 Å². The molecule has 0 aliphatic carbocycles. The fourth-order valence-electron chi connectivity index (χ4n) is 7.14. The minimum atomic E-state index is 0.911. The Morgan fingerprint density at radius 2 is 0.942 bits per heavy atom. The maximum absolute atomic E-state index is 6.39. The molecule has 246 valence electrons. The van der Waals surface area contributed by atoms with Gasteiger partial charge in [-0.05, 0) is 94.4 Å². The summed E-state index contributed by atoms with van der Waals surface area (Å²) in [6, 6.07) is 67.4. The molecular formula is C48H31NOS2. The van der Waals surface area contributed by atoms with Crippen LogP contribution in [0.5, 0.6) is 0 Å². The van der Waals surface area contributed by atoms with E-state index in [-0.39, 0.29) is 0 Å². The predicted octanol–water partition coefficient (Wildman–Crippen LogP) is 15.0. The largest absolute Gasteiger partial charge is 0.455 e. The van der Waals surface area contributed by atoms with Gasteiger partial charge < -0.3 is 9.32 Å². The van der Waals surface area contributed by atoms with Crippen LogP contribution in [0.1, 0.15) is 0 Å². The smallest absolute Gasteiger partial charge is 0.143 e. The molecule has 0 saturated heterocycles. The van der Waals surface area contributed by atoms with E-state index in [1.165, 1.54) is 41.4 Å². The molecule has 0 aliphatic heterocycles. The minimum absolute atomic E-state index is 0.911. The Kier molecular flexibility index (Phi) is 7.56. The van der Waals surface area contributed by atoms with Crippen LogP contribution in [0.2, 0.25) is 0 Å². The highest BCUT2D eigenvalue weighted by molar-refractivity contribution is 7.22. The molecule has 0 atom stereocenters. The molecule has 52 heavy (non-hydrogen) atoms. The van der Waals surface area contributed by atoms with Gasteiger partial charge in [0.05, 0.1) is 0 Å². The van der Waals surface area contributed by atoms with E-state index in [9.17, 15) is 0 Å². The first-order valence-corrected chi connectivity index (χ1v) is 19.0. The summed E-state index contributed by atoms with van der Waals surface area (Å²) in [5.41, 5.74) is 11.0. The first-order valence-electron chi connectivity index (χ1n) is 17.4. The number of benzene rings is 7. The van der Waals surface area contributed by atoms with Crippen molar-refractivity contribution in [2.24, 2.45) is 0 Å². The molecule has 4 heteroatoms. The van der Waals surface area contributed by atoms with Crippen molar-refractivity contribution in [3.63, 3.8) is 0 Å². The van der Waals surface area contributed by atoms with E-state index in [1.54, 1.807) is 0 Å².